The number of aryl methyl sites for hydroxylation is 1. The van der Waals surface area contributed by atoms with E-state index in [4.69, 9.17) is 4.74 Å². The first kappa shape index (κ1) is 16.6. The second kappa shape index (κ2) is 7.38. The van der Waals surface area contributed by atoms with Crippen molar-refractivity contribution in [2.75, 3.05) is 18.1 Å². The lowest BCUT2D eigenvalue weighted by Gasteiger charge is -2.21. The summed E-state index contributed by atoms with van der Waals surface area (Å²) in [4.78, 5) is 30.3. The van der Waals surface area contributed by atoms with Crippen LogP contribution in [0.5, 0.6) is 0 Å². The van der Waals surface area contributed by atoms with Crippen molar-refractivity contribution in [1.29, 1.82) is 0 Å². The van der Waals surface area contributed by atoms with Crippen LogP contribution in [0.25, 0.3) is 0 Å². The number of hydrogen-bond acceptors (Lipinski definition) is 5. The van der Waals surface area contributed by atoms with Gasteiger partial charge in [-0.15, -0.1) is 0 Å². The van der Waals surface area contributed by atoms with Gasteiger partial charge in [0.2, 0.25) is 5.91 Å². The van der Waals surface area contributed by atoms with Crippen molar-refractivity contribution < 1.29 is 14.3 Å². The summed E-state index contributed by atoms with van der Waals surface area (Å²) in [5.74, 6) is -0.0224. The Hall–Kier alpha value is -1.43. The third kappa shape index (κ3) is 4.03. The van der Waals surface area contributed by atoms with Gasteiger partial charge in [0.25, 0.3) is 0 Å². The minimum absolute atomic E-state index is 0.0165. The van der Waals surface area contributed by atoms with Crippen LogP contribution in [0.15, 0.2) is 0 Å². The van der Waals surface area contributed by atoms with Crippen LogP contribution in [-0.4, -0.2) is 30.0 Å². The fraction of sp³-hybridized carbons (Fsp3) is 0.643. The first-order valence-electron chi connectivity index (χ1n) is 6.85. The minimum Gasteiger partial charge on any atom is -0.462 e. The predicted molar refractivity (Wildman–Crippen MR) is 80.3 cm³/mol. The number of hydrogen-bond donors (Lipinski definition) is 0. The average molecular weight is 298 g/mol. The van der Waals surface area contributed by atoms with Gasteiger partial charge in [0.05, 0.1) is 12.3 Å². The Balaban J connectivity index is 3.06. The number of nitrogens with zero attached hydrogens (tertiary/aromatic N) is 2. The summed E-state index contributed by atoms with van der Waals surface area (Å²) in [6.45, 7) is 10.4. The standard InChI is InChI=1S/C14H22N2O3S/c1-6-11(17)16(8-9(3)4)14-15-10(5)12(20-14)13(18)19-7-2/h9H,6-8H2,1-5H3. The summed E-state index contributed by atoms with van der Waals surface area (Å²) < 4.78 is 5.00. The molecule has 0 aliphatic heterocycles. The van der Waals surface area contributed by atoms with E-state index in [0.717, 1.165) is 0 Å². The summed E-state index contributed by atoms with van der Waals surface area (Å²) in [5.41, 5.74) is 0.612. The van der Waals surface area contributed by atoms with Gasteiger partial charge in [-0.05, 0) is 19.8 Å². The number of aromatic nitrogens is 1. The first-order valence-corrected chi connectivity index (χ1v) is 7.67. The second-order valence-electron chi connectivity index (χ2n) is 4.88. The maximum absolute atomic E-state index is 12.0. The van der Waals surface area contributed by atoms with Gasteiger partial charge in [-0.25, -0.2) is 9.78 Å². The van der Waals surface area contributed by atoms with Crippen molar-refractivity contribution in [2.24, 2.45) is 5.92 Å². The zero-order chi connectivity index (χ0) is 15.3. The van der Waals surface area contributed by atoms with Gasteiger partial charge in [0.15, 0.2) is 5.13 Å². The molecule has 0 spiro atoms. The topological polar surface area (TPSA) is 59.5 Å². The normalized spacial score (nSPS) is 10.7. The Morgan fingerprint density at radius 1 is 1.35 bits per heavy atom. The fourth-order valence-corrected chi connectivity index (χ4v) is 2.71. The van der Waals surface area contributed by atoms with Gasteiger partial charge < -0.3 is 4.74 Å². The van der Waals surface area contributed by atoms with Crippen LogP contribution in [0.3, 0.4) is 0 Å². The SMILES string of the molecule is CCOC(=O)c1sc(N(CC(C)C)C(=O)CC)nc1C. The molecular formula is C14H22N2O3S. The molecule has 1 rings (SSSR count). The molecular weight excluding hydrogens is 276 g/mol. The molecule has 5 nitrogen and oxygen atoms in total. The number of esters is 1. The lowest BCUT2D eigenvalue weighted by atomic mass is 10.2. The number of ether oxygens (including phenoxy) is 1. The lowest BCUT2D eigenvalue weighted by molar-refractivity contribution is -0.118. The summed E-state index contributed by atoms with van der Waals surface area (Å²) >= 11 is 1.22. The van der Waals surface area contributed by atoms with Crippen LogP contribution in [0.1, 0.15) is 49.5 Å². The van der Waals surface area contributed by atoms with Gasteiger partial charge in [0, 0.05) is 13.0 Å². The second-order valence-corrected chi connectivity index (χ2v) is 5.86. The van der Waals surface area contributed by atoms with Crippen molar-refractivity contribution in [3.8, 4) is 0 Å². The Morgan fingerprint density at radius 2 is 2.00 bits per heavy atom. The molecule has 0 saturated carbocycles. The summed E-state index contributed by atoms with van der Waals surface area (Å²) in [5, 5.41) is 0.575. The lowest BCUT2D eigenvalue weighted by Crippen LogP contribution is -2.33. The molecule has 6 heteroatoms. The van der Waals surface area contributed by atoms with E-state index in [1.54, 1.807) is 18.7 Å². The van der Waals surface area contributed by atoms with Gasteiger partial charge in [-0.3, -0.25) is 9.69 Å². The fourth-order valence-electron chi connectivity index (χ4n) is 1.73. The van der Waals surface area contributed by atoms with Crippen LogP contribution < -0.4 is 4.90 Å². The van der Waals surface area contributed by atoms with Crippen LogP contribution in [0, 0.1) is 12.8 Å². The zero-order valence-corrected chi connectivity index (χ0v) is 13.5. The van der Waals surface area contributed by atoms with Crippen molar-refractivity contribution >= 4 is 28.3 Å². The highest BCUT2D eigenvalue weighted by atomic mass is 32.1. The molecule has 20 heavy (non-hydrogen) atoms. The molecule has 112 valence electrons. The zero-order valence-electron chi connectivity index (χ0n) is 12.7. The summed E-state index contributed by atoms with van der Waals surface area (Å²) in [6, 6.07) is 0. The molecule has 0 aromatic carbocycles. The third-order valence-electron chi connectivity index (χ3n) is 2.63. The van der Waals surface area contributed by atoms with E-state index in [-0.39, 0.29) is 11.9 Å². The van der Waals surface area contributed by atoms with Crippen molar-refractivity contribution in [3.63, 3.8) is 0 Å². The van der Waals surface area contributed by atoms with E-state index in [1.807, 2.05) is 20.8 Å². The van der Waals surface area contributed by atoms with Crippen LogP contribution in [-0.2, 0) is 9.53 Å². The molecule has 0 N–H and O–H groups in total. The smallest absolute Gasteiger partial charge is 0.350 e. The monoisotopic (exact) mass is 298 g/mol. The molecule has 0 fully saturated rings. The van der Waals surface area contributed by atoms with Gasteiger partial charge >= 0.3 is 5.97 Å². The molecule has 0 radical (unpaired) electrons. The minimum atomic E-state index is -0.373. The third-order valence-corrected chi connectivity index (χ3v) is 3.79. The number of amides is 1. The highest BCUT2D eigenvalue weighted by molar-refractivity contribution is 7.17. The maximum Gasteiger partial charge on any atom is 0.350 e. The molecule has 0 aliphatic carbocycles. The molecule has 0 saturated heterocycles. The van der Waals surface area contributed by atoms with E-state index >= 15 is 0 Å². The molecule has 0 atom stereocenters. The van der Waals surface area contributed by atoms with Gasteiger partial charge in [0.1, 0.15) is 4.88 Å². The predicted octanol–water partition coefficient (Wildman–Crippen LogP) is 3.03. The number of rotatable bonds is 6. The first-order chi connectivity index (χ1) is 9.40. The van der Waals surface area contributed by atoms with Crippen LogP contribution in [0.4, 0.5) is 5.13 Å². The molecule has 1 aromatic heterocycles. The molecule has 0 bridgehead atoms. The van der Waals surface area contributed by atoms with E-state index in [9.17, 15) is 9.59 Å². The Morgan fingerprint density at radius 3 is 2.50 bits per heavy atom. The van der Waals surface area contributed by atoms with E-state index in [0.29, 0.717) is 41.2 Å². The van der Waals surface area contributed by atoms with Crippen molar-refractivity contribution in [3.05, 3.63) is 10.6 Å². The molecule has 1 amide bonds. The number of thiazole rings is 1. The highest BCUT2D eigenvalue weighted by Crippen LogP contribution is 2.28. The molecule has 1 aromatic rings. The Kier molecular flexibility index (Phi) is 6.13. The summed E-state index contributed by atoms with van der Waals surface area (Å²) in [6.07, 6.45) is 0.417. The number of anilines is 1. The van der Waals surface area contributed by atoms with Gasteiger partial charge in [-0.2, -0.15) is 0 Å². The Bertz CT molecular complexity index is 483. The largest absolute Gasteiger partial charge is 0.462 e. The van der Waals surface area contributed by atoms with Crippen LogP contribution >= 0.6 is 11.3 Å². The number of carbonyl (C=O) groups excluding carboxylic acids is 2. The van der Waals surface area contributed by atoms with Crippen LogP contribution in [0.2, 0.25) is 0 Å². The average Bonchev–Trinajstić information content (AvgIpc) is 2.77. The van der Waals surface area contributed by atoms with E-state index in [2.05, 4.69) is 4.98 Å². The van der Waals surface area contributed by atoms with Gasteiger partial charge in [-0.1, -0.05) is 32.1 Å². The maximum atomic E-state index is 12.0. The molecule has 0 unspecified atom stereocenters. The highest BCUT2D eigenvalue weighted by Gasteiger charge is 2.23. The van der Waals surface area contributed by atoms with Crippen molar-refractivity contribution in [1.82, 2.24) is 4.98 Å². The quantitative estimate of drug-likeness (QED) is 0.757. The summed E-state index contributed by atoms with van der Waals surface area (Å²) in [7, 11) is 0. The Labute approximate surface area is 124 Å². The van der Waals surface area contributed by atoms with E-state index < -0.39 is 0 Å². The number of carbonyl (C=O) groups is 2. The molecule has 0 aliphatic rings. The molecule has 1 heterocycles. The van der Waals surface area contributed by atoms with E-state index in [1.165, 1.54) is 11.3 Å². The van der Waals surface area contributed by atoms with Crippen molar-refractivity contribution in [2.45, 2.75) is 41.0 Å².